The highest BCUT2D eigenvalue weighted by Crippen LogP contribution is 2.29. The summed E-state index contributed by atoms with van der Waals surface area (Å²) in [5.74, 6) is -1.38. The lowest BCUT2D eigenvalue weighted by Crippen LogP contribution is -2.45. The van der Waals surface area contributed by atoms with Gasteiger partial charge in [0.15, 0.2) is 0 Å². The highest BCUT2D eigenvalue weighted by atomic mass is 32.1. The van der Waals surface area contributed by atoms with Gasteiger partial charge in [0.05, 0.1) is 29.4 Å². The molecule has 10 heteroatoms. The Kier molecular flexibility index (Phi) is 7.02. The van der Waals surface area contributed by atoms with Gasteiger partial charge in [-0.15, -0.1) is 11.3 Å². The van der Waals surface area contributed by atoms with E-state index in [1.54, 1.807) is 40.7 Å². The summed E-state index contributed by atoms with van der Waals surface area (Å²) >= 11 is 1.10. The van der Waals surface area contributed by atoms with Crippen LogP contribution < -0.4 is 16.0 Å². The number of anilines is 1. The first-order valence-corrected chi connectivity index (χ1v) is 9.87. The van der Waals surface area contributed by atoms with Gasteiger partial charge in [0.25, 0.3) is 0 Å². The van der Waals surface area contributed by atoms with Crippen molar-refractivity contribution >= 4 is 40.2 Å². The molecular weight excluding hydrogens is 398 g/mol. The normalized spacial score (nSPS) is 14.0. The number of amides is 3. The van der Waals surface area contributed by atoms with Gasteiger partial charge >= 0.3 is 18.0 Å². The summed E-state index contributed by atoms with van der Waals surface area (Å²) in [5, 5.41) is 8.27. The Morgan fingerprint density at radius 2 is 1.90 bits per heavy atom. The average Bonchev–Trinajstić information content (AvgIpc) is 2.99. The Morgan fingerprint density at radius 3 is 2.52 bits per heavy atom. The maximum Gasteiger partial charge on any atom is 0.349 e. The van der Waals surface area contributed by atoms with E-state index in [9.17, 15) is 19.2 Å². The Labute approximate surface area is 172 Å². The third-order valence-electron chi connectivity index (χ3n) is 3.94. The molecule has 0 atom stereocenters. The Balaban J connectivity index is 2.10. The van der Waals surface area contributed by atoms with Gasteiger partial charge in [0, 0.05) is 5.41 Å². The Bertz CT molecular complexity index is 866. The summed E-state index contributed by atoms with van der Waals surface area (Å²) in [6.45, 7) is 8.65. The number of aryl methyl sites for hydroxylation is 1. The molecule has 0 aromatic carbocycles. The number of rotatable bonds is 6. The number of thiophene rings is 1. The molecule has 1 aromatic rings. The average molecular weight is 423 g/mol. The van der Waals surface area contributed by atoms with E-state index in [0.29, 0.717) is 15.4 Å². The van der Waals surface area contributed by atoms with E-state index >= 15 is 0 Å². The van der Waals surface area contributed by atoms with Gasteiger partial charge in [-0.05, 0) is 25.5 Å². The molecule has 0 saturated carbocycles. The van der Waals surface area contributed by atoms with Crippen molar-refractivity contribution in [2.75, 3.05) is 25.1 Å². The minimum atomic E-state index is -0.618. The fourth-order valence-electron chi connectivity index (χ4n) is 2.32. The van der Waals surface area contributed by atoms with E-state index < -0.39 is 23.4 Å². The summed E-state index contributed by atoms with van der Waals surface area (Å²) in [4.78, 5) is 48.5. The van der Waals surface area contributed by atoms with Crippen LogP contribution in [0.1, 0.15) is 42.9 Å². The fraction of sp³-hybridized carbons (Fsp3) is 0.474. The molecule has 29 heavy (non-hydrogen) atoms. The van der Waals surface area contributed by atoms with Crippen molar-refractivity contribution in [2.45, 2.75) is 34.6 Å². The summed E-state index contributed by atoms with van der Waals surface area (Å²) in [5.41, 5.74) is 0.455. The predicted octanol–water partition coefficient (Wildman–Crippen LogP) is 2.33. The number of esters is 2. The Hall–Kier alpha value is -2.88. The van der Waals surface area contributed by atoms with Crippen molar-refractivity contribution in [3.63, 3.8) is 0 Å². The summed E-state index contributed by atoms with van der Waals surface area (Å²) in [6, 6.07) is 1.20. The third kappa shape index (κ3) is 5.80. The van der Waals surface area contributed by atoms with Gasteiger partial charge in [0.1, 0.15) is 11.5 Å². The zero-order valence-electron chi connectivity index (χ0n) is 17.1. The zero-order chi connectivity index (χ0) is 21.8. The van der Waals surface area contributed by atoms with Crippen molar-refractivity contribution in [1.29, 1.82) is 0 Å². The second kappa shape index (κ2) is 9.08. The van der Waals surface area contributed by atoms with Crippen LogP contribution in [0.2, 0.25) is 0 Å². The highest BCUT2D eigenvalue weighted by molar-refractivity contribution is 7.18. The maximum atomic E-state index is 12.5. The van der Waals surface area contributed by atoms with Gasteiger partial charge in [-0.3, -0.25) is 4.79 Å². The van der Waals surface area contributed by atoms with Crippen LogP contribution in [0.25, 0.3) is 0 Å². The quantitative estimate of drug-likeness (QED) is 0.604. The van der Waals surface area contributed by atoms with E-state index in [1.165, 1.54) is 0 Å². The number of hydrogen-bond donors (Lipinski definition) is 3. The van der Waals surface area contributed by atoms with Gasteiger partial charge in [-0.1, -0.05) is 20.8 Å². The van der Waals surface area contributed by atoms with Crippen LogP contribution >= 0.6 is 11.3 Å². The largest absolute Gasteiger partial charge is 0.463 e. The number of hydrogen-bond acceptors (Lipinski definition) is 7. The minimum absolute atomic E-state index is 0.0153. The standard InChI is InChI=1S/C19H25N3O6S/c1-6-27-15(23)11-8-20-18(26)21-12(11)9-28-16(24)14-10(2)7-13(29-14)22-17(25)19(3,4)5/h7H,6,8-9H2,1-5H3,(H,22,25)(H2,20,21,26). The molecule has 1 aliphatic rings. The first-order chi connectivity index (χ1) is 13.5. The SMILES string of the molecule is CCOC(=O)C1=C(COC(=O)c2sc(NC(=O)C(C)(C)C)cc2C)NC(=O)NC1. The van der Waals surface area contributed by atoms with Crippen LogP contribution in [0.5, 0.6) is 0 Å². The molecule has 9 nitrogen and oxygen atoms in total. The monoisotopic (exact) mass is 423 g/mol. The van der Waals surface area contributed by atoms with E-state index in [-0.39, 0.29) is 36.9 Å². The second-order valence-corrected chi connectivity index (χ2v) is 8.44. The summed E-state index contributed by atoms with van der Waals surface area (Å²) in [7, 11) is 0. The first-order valence-electron chi connectivity index (χ1n) is 9.06. The molecule has 2 rings (SSSR count). The zero-order valence-corrected chi connectivity index (χ0v) is 17.9. The van der Waals surface area contributed by atoms with Crippen LogP contribution in [0.15, 0.2) is 17.3 Å². The van der Waals surface area contributed by atoms with Gasteiger partial charge in [-0.25, -0.2) is 14.4 Å². The molecule has 2 heterocycles. The van der Waals surface area contributed by atoms with E-state index in [4.69, 9.17) is 9.47 Å². The van der Waals surface area contributed by atoms with Crippen LogP contribution in [0.4, 0.5) is 9.80 Å². The van der Waals surface area contributed by atoms with Crippen LogP contribution in [-0.2, 0) is 19.1 Å². The van der Waals surface area contributed by atoms with Gasteiger partial charge < -0.3 is 25.4 Å². The first kappa shape index (κ1) is 22.4. The Morgan fingerprint density at radius 1 is 1.21 bits per heavy atom. The third-order valence-corrected chi connectivity index (χ3v) is 5.08. The lowest BCUT2D eigenvalue weighted by Gasteiger charge is -2.21. The van der Waals surface area contributed by atoms with Crippen LogP contribution in [0.3, 0.4) is 0 Å². The summed E-state index contributed by atoms with van der Waals surface area (Å²) in [6.07, 6.45) is 0. The molecule has 1 aromatic heterocycles. The molecule has 0 saturated heterocycles. The van der Waals surface area contributed by atoms with Crippen molar-refractivity contribution in [1.82, 2.24) is 10.6 Å². The van der Waals surface area contributed by atoms with Gasteiger partial charge in [0.2, 0.25) is 5.91 Å². The van der Waals surface area contributed by atoms with E-state index in [0.717, 1.165) is 11.3 Å². The van der Waals surface area contributed by atoms with Crippen LogP contribution in [0, 0.1) is 12.3 Å². The molecule has 3 amide bonds. The van der Waals surface area contributed by atoms with Gasteiger partial charge in [-0.2, -0.15) is 0 Å². The highest BCUT2D eigenvalue weighted by Gasteiger charge is 2.26. The van der Waals surface area contributed by atoms with Crippen molar-refractivity contribution in [3.8, 4) is 0 Å². The second-order valence-electron chi connectivity index (χ2n) is 7.39. The van der Waals surface area contributed by atoms with Crippen molar-refractivity contribution in [3.05, 3.63) is 27.8 Å². The molecule has 0 unspecified atom stereocenters. The molecule has 0 bridgehead atoms. The number of nitrogens with one attached hydrogen (secondary N) is 3. The smallest absolute Gasteiger partial charge is 0.349 e. The lowest BCUT2D eigenvalue weighted by molar-refractivity contribution is -0.138. The summed E-state index contributed by atoms with van der Waals surface area (Å²) < 4.78 is 10.2. The molecular formula is C19H25N3O6S. The van der Waals surface area contributed by atoms with E-state index in [2.05, 4.69) is 16.0 Å². The number of urea groups is 1. The number of carbonyl (C=O) groups is 4. The molecule has 0 aliphatic carbocycles. The minimum Gasteiger partial charge on any atom is -0.463 e. The molecule has 0 radical (unpaired) electrons. The molecule has 158 valence electrons. The molecule has 3 N–H and O–H groups in total. The number of ether oxygens (including phenoxy) is 2. The molecule has 1 aliphatic heterocycles. The molecule has 0 spiro atoms. The van der Waals surface area contributed by atoms with Crippen molar-refractivity contribution < 1.29 is 28.7 Å². The van der Waals surface area contributed by atoms with Crippen LogP contribution in [-0.4, -0.2) is 43.6 Å². The topological polar surface area (TPSA) is 123 Å². The number of carbonyl (C=O) groups excluding carboxylic acids is 4. The maximum absolute atomic E-state index is 12.5. The fourth-order valence-corrected chi connectivity index (χ4v) is 3.28. The van der Waals surface area contributed by atoms with Crippen molar-refractivity contribution in [2.24, 2.45) is 5.41 Å². The predicted molar refractivity (Wildman–Crippen MR) is 108 cm³/mol. The molecule has 0 fully saturated rings. The lowest BCUT2D eigenvalue weighted by atomic mass is 9.96. The van der Waals surface area contributed by atoms with E-state index in [1.807, 2.05) is 0 Å².